The Hall–Kier alpha value is -1.74. The Labute approximate surface area is 111 Å². The average Bonchev–Trinajstić information content (AvgIpc) is 2.37. The molecule has 0 aliphatic carbocycles. The molecule has 0 spiro atoms. The molecule has 3 heteroatoms. The fraction of sp³-hybridized carbons (Fsp3) is 0.250. The van der Waals surface area contributed by atoms with E-state index in [0.29, 0.717) is 27.8 Å². The van der Waals surface area contributed by atoms with E-state index in [1.54, 1.807) is 45.0 Å². The highest BCUT2D eigenvalue weighted by atomic mass is 19.1. The summed E-state index contributed by atoms with van der Waals surface area (Å²) in [6.45, 7) is 4.96. The zero-order valence-corrected chi connectivity index (χ0v) is 11.2. The van der Waals surface area contributed by atoms with Crippen LogP contribution in [-0.2, 0) is 0 Å². The summed E-state index contributed by atoms with van der Waals surface area (Å²) in [6.07, 6.45) is -0.951. The number of hydrogen-bond donors (Lipinski definition) is 1. The van der Waals surface area contributed by atoms with Crippen LogP contribution in [0.4, 0.5) is 8.78 Å². The molecule has 2 aromatic carbocycles. The van der Waals surface area contributed by atoms with Crippen molar-refractivity contribution >= 4 is 0 Å². The maximum atomic E-state index is 13.6. The van der Waals surface area contributed by atoms with Crippen LogP contribution >= 0.6 is 0 Å². The summed E-state index contributed by atoms with van der Waals surface area (Å²) in [4.78, 5) is 0. The molecule has 0 saturated carbocycles. The third-order valence-electron chi connectivity index (χ3n) is 3.29. The molecule has 0 aliphatic heterocycles. The molecule has 1 atom stereocenters. The molecule has 0 aromatic heterocycles. The first kappa shape index (κ1) is 13.7. The van der Waals surface area contributed by atoms with Gasteiger partial charge in [-0.2, -0.15) is 0 Å². The van der Waals surface area contributed by atoms with Gasteiger partial charge >= 0.3 is 0 Å². The summed E-state index contributed by atoms with van der Waals surface area (Å²) >= 11 is 0. The van der Waals surface area contributed by atoms with E-state index >= 15 is 0 Å². The van der Waals surface area contributed by atoms with E-state index in [1.807, 2.05) is 0 Å². The summed E-state index contributed by atoms with van der Waals surface area (Å²) in [5.41, 5.74) is 2.51. The molecular formula is C16H16F2O. The van der Waals surface area contributed by atoms with Gasteiger partial charge in [0.25, 0.3) is 0 Å². The first-order chi connectivity index (χ1) is 8.90. The maximum absolute atomic E-state index is 13.6. The molecule has 0 saturated heterocycles. The lowest BCUT2D eigenvalue weighted by molar-refractivity contribution is 0.219. The predicted molar refractivity (Wildman–Crippen MR) is 71.1 cm³/mol. The first-order valence-corrected chi connectivity index (χ1v) is 6.11. The number of hydrogen-bond acceptors (Lipinski definition) is 1. The molecule has 1 nitrogen and oxygen atoms in total. The van der Waals surface area contributed by atoms with Crippen molar-refractivity contribution in [1.82, 2.24) is 0 Å². The van der Waals surface area contributed by atoms with Crippen molar-refractivity contribution in [3.05, 3.63) is 69.8 Å². The number of aliphatic hydroxyl groups is 1. The van der Waals surface area contributed by atoms with Gasteiger partial charge in [0, 0.05) is 0 Å². The molecule has 0 fully saturated rings. The van der Waals surface area contributed by atoms with Crippen molar-refractivity contribution in [1.29, 1.82) is 0 Å². The van der Waals surface area contributed by atoms with Crippen molar-refractivity contribution in [2.45, 2.75) is 26.9 Å². The minimum atomic E-state index is -0.951. The summed E-state index contributed by atoms with van der Waals surface area (Å²) in [6, 6.07) is 7.79. The number of benzene rings is 2. The van der Waals surface area contributed by atoms with Gasteiger partial charge in [0.05, 0.1) is 0 Å². The Morgan fingerprint density at radius 3 is 1.95 bits per heavy atom. The second-order valence-electron chi connectivity index (χ2n) is 4.88. The van der Waals surface area contributed by atoms with Crippen LogP contribution in [0.3, 0.4) is 0 Å². The van der Waals surface area contributed by atoms with Crippen LogP contribution in [0.1, 0.15) is 33.9 Å². The fourth-order valence-corrected chi connectivity index (χ4v) is 2.11. The van der Waals surface area contributed by atoms with Gasteiger partial charge in [-0.05, 0) is 54.7 Å². The van der Waals surface area contributed by atoms with Gasteiger partial charge < -0.3 is 5.11 Å². The highest BCUT2D eigenvalue weighted by Gasteiger charge is 2.14. The third kappa shape index (κ3) is 2.66. The van der Waals surface area contributed by atoms with E-state index in [-0.39, 0.29) is 11.6 Å². The molecule has 2 rings (SSSR count). The van der Waals surface area contributed by atoms with Crippen molar-refractivity contribution in [2.75, 3.05) is 0 Å². The summed E-state index contributed by atoms with van der Waals surface area (Å²) in [5, 5.41) is 10.3. The lowest BCUT2D eigenvalue weighted by Gasteiger charge is -2.14. The monoisotopic (exact) mass is 262 g/mol. The van der Waals surface area contributed by atoms with Gasteiger partial charge in [0.2, 0.25) is 0 Å². The Bertz CT molecular complexity index is 597. The highest BCUT2D eigenvalue weighted by molar-refractivity contribution is 5.37. The Balaban J connectivity index is 2.43. The van der Waals surface area contributed by atoms with Gasteiger partial charge in [0.1, 0.15) is 17.7 Å². The number of halogens is 2. The molecule has 19 heavy (non-hydrogen) atoms. The fourth-order valence-electron chi connectivity index (χ4n) is 2.11. The van der Waals surface area contributed by atoms with Crippen molar-refractivity contribution in [3.8, 4) is 0 Å². The van der Waals surface area contributed by atoms with E-state index in [1.165, 1.54) is 6.07 Å². The highest BCUT2D eigenvalue weighted by Crippen LogP contribution is 2.26. The minimum Gasteiger partial charge on any atom is -0.384 e. The van der Waals surface area contributed by atoms with E-state index in [9.17, 15) is 13.9 Å². The van der Waals surface area contributed by atoms with Crippen LogP contribution in [0.25, 0.3) is 0 Å². The lowest BCUT2D eigenvalue weighted by Crippen LogP contribution is -2.03. The summed E-state index contributed by atoms with van der Waals surface area (Å²) < 4.78 is 27.1. The van der Waals surface area contributed by atoms with Crippen molar-refractivity contribution in [2.24, 2.45) is 0 Å². The predicted octanol–water partition coefficient (Wildman–Crippen LogP) is 3.97. The molecule has 0 amide bonds. The SMILES string of the molecule is Cc1ccc(C(O)c2cc(C)c(F)c(C)c2)cc1F. The molecule has 1 unspecified atom stereocenters. The molecule has 0 heterocycles. The molecule has 0 radical (unpaired) electrons. The smallest absolute Gasteiger partial charge is 0.129 e. The zero-order chi connectivity index (χ0) is 14.2. The zero-order valence-electron chi connectivity index (χ0n) is 11.2. The van der Waals surface area contributed by atoms with Crippen LogP contribution in [0.2, 0.25) is 0 Å². The van der Waals surface area contributed by atoms with Crippen molar-refractivity contribution in [3.63, 3.8) is 0 Å². The largest absolute Gasteiger partial charge is 0.384 e. The topological polar surface area (TPSA) is 20.2 Å². The molecule has 1 N–H and O–H groups in total. The van der Waals surface area contributed by atoms with E-state index in [0.717, 1.165) is 0 Å². The minimum absolute atomic E-state index is 0.272. The standard InChI is InChI=1S/C16H16F2O/c1-9-4-5-12(8-14(9)17)16(19)13-6-10(2)15(18)11(3)7-13/h4-8,16,19H,1-3H3. The van der Waals surface area contributed by atoms with E-state index in [4.69, 9.17) is 0 Å². The summed E-state index contributed by atoms with van der Waals surface area (Å²) in [5.74, 6) is -0.627. The Morgan fingerprint density at radius 2 is 1.42 bits per heavy atom. The van der Waals surface area contributed by atoms with E-state index < -0.39 is 6.10 Å². The number of aryl methyl sites for hydroxylation is 3. The van der Waals surface area contributed by atoms with Gasteiger partial charge in [-0.15, -0.1) is 0 Å². The van der Waals surface area contributed by atoms with Crippen LogP contribution < -0.4 is 0 Å². The second-order valence-corrected chi connectivity index (χ2v) is 4.88. The lowest BCUT2D eigenvalue weighted by atomic mass is 9.97. The Morgan fingerprint density at radius 1 is 0.842 bits per heavy atom. The second kappa shape index (κ2) is 5.10. The quantitative estimate of drug-likeness (QED) is 0.868. The summed E-state index contributed by atoms with van der Waals surface area (Å²) in [7, 11) is 0. The number of rotatable bonds is 2. The normalized spacial score (nSPS) is 12.5. The van der Waals surface area contributed by atoms with Crippen molar-refractivity contribution < 1.29 is 13.9 Å². The van der Waals surface area contributed by atoms with Crippen LogP contribution in [-0.4, -0.2) is 5.11 Å². The van der Waals surface area contributed by atoms with Gasteiger partial charge in [-0.3, -0.25) is 0 Å². The van der Waals surface area contributed by atoms with Crippen LogP contribution in [0.5, 0.6) is 0 Å². The maximum Gasteiger partial charge on any atom is 0.129 e. The molecule has 0 aliphatic rings. The molecular weight excluding hydrogens is 246 g/mol. The average molecular weight is 262 g/mol. The molecule has 0 bridgehead atoms. The molecule has 100 valence electrons. The van der Waals surface area contributed by atoms with Crippen LogP contribution in [0.15, 0.2) is 30.3 Å². The van der Waals surface area contributed by atoms with Gasteiger partial charge in [-0.25, -0.2) is 8.78 Å². The first-order valence-electron chi connectivity index (χ1n) is 6.11. The van der Waals surface area contributed by atoms with Gasteiger partial charge in [-0.1, -0.05) is 24.3 Å². The third-order valence-corrected chi connectivity index (χ3v) is 3.29. The van der Waals surface area contributed by atoms with Crippen LogP contribution in [0, 0.1) is 32.4 Å². The number of aliphatic hydroxyl groups excluding tert-OH is 1. The Kier molecular flexibility index (Phi) is 3.67. The van der Waals surface area contributed by atoms with Gasteiger partial charge in [0.15, 0.2) is 0 Å². The van der Waals surface area contributed by atoms with E-state index in [2.05, 4.69) is 0 Å². The molecule has 2 aromatic rings.